The molecule has 0 saturated carbocycles. The first-order valence-corrected chi connectivity index (χ1v) is 13.2. The Balaban J connectivity index is 1.36. The normalized spacial score (nSPS) is 15.3. The lowest BCUT2D eigenvalue weighted by Gasteiger charge is -2.23. The molecule has 1 aliphatic carbocycles. The van der Waals surface area contributed by atoms with Crippen LogP contribution in [0, 0.1) is 5.92 Å². The number of hydrogen-bond acceptors (Lipinski definition) is 5. The first-order chi connectivity index (χ1) is 16.2. The molecule has 1 aliphatic rings. The van der Waals surface area contributed by atoms with Crippen molar-refractivity contribution in [3.63, 3.8) is 0 Å². The summed E-state index contributed by atoms with van der Waals surface area (Å²) in [6.45, 7) is 4.43. The lowest BCUT2D eigenvalue weighted by atomic mass is 9.84. The zero-order chi connectivity index (χ0) is 23.0. The number of esters is 1. The summed E-state index contributed by atoms with van der Waals surface area (Å²) in [5.41, 5.74) is 3.45. The number of thiophene rings is 1. The Bertz CT molecular complexity index is 1060. The summed E-state index contributed by atoms with van der Waals surface area (Å²) >= 11 is 1.52. The lowest BCUT2D eigenvalue weighted by Crippen LogP contribution is -2.16. The molecular weight excluding hydrogens is 428 g/mol. The first kappa shape index (κ1) is 23.6. The summed E-state index contributed by atoms with van der Waals surface area (Å²) in [4.78, 5) is 23.9. The largest absolute Gasteiger partial charge is 0.422 e. The van der Waals surface area contributed by atoms with Crippen molar-refractivity contribution < 1.29 is 9.53 Å². The van der Waals surface area contributed by atoms with E-state index in [1.54, 1.807) is 0 Å². The van der Waals surface area contributed by atoms with Gasteiger partial charge in [-0.1, -0.05) is 46.0 Å². The minimum Gasteiger partial charge on any atom is -0.422 e. The number of benzene rings is 1. The molecule has 4 rings (SSSR count). The number of aromatic nitrogens is 2. The summed E-state index contributed by atoms with van der Waals surface area (Å²) < 4.78 is 5.58. The fourth-order valence-electron chi connectivity index (χ4n) is 4.45. The van der Waals surface area contributed by atoms with E-state index in [-0.39, 0.29) is 5.97 Å². The number of rotatable bonds is 10. The summed E-state index contributed by atoms with van der Waals surface area (Å²) in [5, 5.41) is 0. The summed E-state index contributed by atoms with van der Waals surface area (Å²) in [5.74, 6) is 1.77. The van der Waals surface area contributed by atoms with E-state index in [0.29, 0.717) is 10.6 Å². The van der Waals surface area contributed by atoms with Crippen LogP contribution >= 0.6 is 11.3 Å². The molecule has 4 nitrogen and oxygen atoms in total. The maximum atomic E-state index is 12.5. The van der Waals surface area contributed by atoms with Gasteiger partial charge in [0.25, 0.3) is 0 Å². The third-order valence-corrected chi connectivity index (χ3v) is 7.56. The first-order valence-electron chi connectivity index (χ1n) is 12.4. The van der Waals surface area contributed by atoms with Crippen LogP contribution in [0.4, 0.5) is 0 Å². The van der Waals surface area contributed by atoms with Crippen LogP contribution in [0.5, 0.6) is 5.75 Å². The lowest BCUT2D eigenvalue weighted by molar-refractivity contribution is 0.0740. The fourth-order valence-corrected chi connectivity index (χ4v) is 5.38. The predicted molar refractivity (Wildman–Crippen MR) is 135 cm³/mol. The Morgan fingerprint density at radius 3 is 2.67 bits per heavy atom. The molecule has 174 valence electrons. The van der Waals surface area contributed by atoms with Gasteiger partial charge < -0.3 is 4.74 Å². The van der Waals surface area contributed by atoms with Crippen molar-refractivity contribution in [3.05, 3.63) is 63.6 Å². The third-order valence-electron chi connectivity index (χ3n) is 6.43. The molecule has 3 aromatic rings. The molecule has 1 atom stereocenters. The van der Waals surface area contributed by atoms with Crippen LogP contribution in [0.1, 0.15) is 84.6 Å². The molecular formula is C28H34N2O2S. The molecule has 5 heteroatoms. The van der Waals surface area contributed by atoms with Crippen molar-refractivity contribution in [1.29, 1.82) is 0 Å². The smallest absolute Gasteiger partial charge is 0.353 e. The maximum absolute atomic E-state index is 12.5. The second-order valence-electron chi connectivity index (χ2n) is 9.05. The molecule has 0 amide bonds. The van der Waals surface area contributed by atoms with Gasteiger partial charge in [-0.15, -0.1) is 11.3 Å². The molecule has 0 bridgehead atoms. The number of carbonyl (C=O) groups excluding carboxylic acids is 1. The van der Waals surface area contributed by atoms with Crippen LogP contribution in [0.2, 0.25) is 0 Å². The van der Waals surface area contributed by atoms with Crippen molar-refractivity contribution in [3.8, 4) is 17.1 Å². The highest BCUT2D eigenvalue weighted by Gasteiger charge is 2.20. The zero-order valence-electron chi connectivity index (χ0n) is 19.8. The van der Waals surface area contributed by atoms with Crippen LogP contribution in [0.15, 0.2) is 42.6 Å². The average molecular weight is 463 g/mol. The topological polar surface area (TPSA) is 52.1 Å². The van der Waals surface area contributed by atoms with E-state index in [1.165, 1.54) is 59.6 Å². The van der Waals surface area contributed by atoms with Gasteiger partial charge in [-0.25, -0.2) is 14.8 Å². The van der Waals surface area contributed by atoms with Crippen molar-refractivity contribution in [2.24, 2.45) is 5.92 Å². The Hall–Kier alpha value is -2.53. The number of unbranched alkanes of at least 4 members (excludes halogenated alkanes) is 3. The van der Waals surface area contributed by atoms with E-state index in [0.717, 1.165) is 49.4 Å². The number of nitrogens with zero attached hydrogens (tertiary/aromatic N) is 2. The number of carbonyl (C=O) groups is 1. The quantitative estimate of drug-likeness (QED) is 0.178. The van der Waals surface area contributed by atoms with Crippen molar-refractivity contribution in [1.82, 2.24) is 9.97 Å². The van der Waals surface area contributed by atoms with Gasteiger partial charge in [-0.3, -0.25) is 0 Å². The van der Waals surface area contributed by atoms with Crippen LogP contribution in [-0.4, -0.2) is 15.9 Å². The predicted octanol–water partition coefficient (Wildman–Crippen LogP) is 7.45. The molecule has 0 spiro atoms. The standard InChI is InChI=1S/C28H34N2O2S/c1-3-5-7-8-20-10-16-25-22(18-20)19-29-27(30-25)21-11-13-23(14-12-21)32-28(31)26-17-15-24(33-26)9-6-4-2/h11-15,17,19-20H,3-10,16,18H2,1-2H3. The van der Waals surface area contributed by atoms with E-state index in [2.05, 4.69) is 18.8 Å². The Morgan fingerprint density at radius 2 is 1.88 bits per heavy atom. The molecule has 2 heterocycles. The van der Waals surface area contributed by atoms with Gasteiger partial charge in [0, 0.05) is 22.3 Å². The van der Waals surface area contributed by atoms with Crippen molar-refractivity contribution >= 4 is 17.3 Å². The van der Waals surface area contributed by atoms with E-state index in [4.69, 9.17) is 9.72 Å². The molecule has 0 fully saturated rings. The minimum atomic E-state index is -0.297. The molecule has 0 radical (unpaired) electrons. The number of fused-ring (bicyclic) bond motifs is 1. The van der Waals surface area contributed by atoms with Gasteiger partial charge in [0.05, 0.1) is 0 Å². The maximum Gasteiger partial charge on any atom is 0.353 e. The van der Waals surface area contributed by atoms with Gasteiger partial charge in [0.1, 0.15) is 10.6 Å². The van der Waals surface area contributed by atoms with E-state index >= 15 is 0 Å². The fraction of sp³-hybridized carbons (Fsp3) is 0.464. The number of ether oxygens (including phenoxy) is 1. The Kier molecular flexibility index (Phi) is 8.27. The molecule has 33 heavy (non-hydrogen) atoms. The van der Waals surface area contributed by atoms with E-state index in [1.807, 2.05) is 42.6 Å². The Labute approximate surface area is 201 Å². The van der Waals surface area contributed by atoms with Crippen molar-refractivity contribution in [2.45, 2.75) is 78.1 Å². The van der Waals surface area contributed by atoms with Crippen LogP contribution in [0.25, 0.3) is 11.4 Å². The van der Waals surface area contributed by atoms with Gasteiger partial charge in [0.2, 0.25) is 0 Å². The highest BCUT2D eigenvalue weighted by Crippen LogP contribution is 2.29. The second-order valence-corrected chi connectivity index (χ2v) is 10.2. The Morgan fingerprint density at radius 1 is 1.06 bits per heavy atom. The van der Waals surface area contributed by atoms with Gasteiger partial charge in [-0.2, -0.15) is 0 Å². The van der Waals surface area contributed by atoms with Crippen molar-refractivity contribution in [2.75, 3.05) is 0 Å². The molecule has 2 aromatic heterocycles. The summed E-state index contributed by atoms with van der Waals surface area (Å²) in [7, 11) is 0. The molecule has 0 N–H and O–H groups in total. The molecule has 0 aliphatic heterocycles. The number of aryl methyl sites for hydroxylation is 2. The zero-order valence-corrected chi connectivity index (χ0v) is 20.6. The van der Waals surface area contributed by atoms with Gasteiger partial charge >= 0.3 is 5.97 Å². The molecule has 0 saturated heterocycles. The van der Waals surface area contributed by atoms with Crippen LogP contribution < -0.4 is 4.74 Å². The molecule has 1 unspecified atom stereocenters. The third kappa shape index (κ3) is 6.29. The highest BCUT2D eigenvalue weighted by atomic mass is 32.1. The van der Waals surface area contributed by atoms with Crippen LogP contribution in [0.3, 0.4) is 0 Å². The van der Waals surface area contributed by atoms with E-state index in [9.17, 15) is 4.79 Å². The monoisotopic (exact) mass is 462 g/mol. The van der Waals surface area contributed by atoms with Gasteiger partial charge in [-0.05, 0) is 80.0 Å². The highest BCUT2D eigenvalue weighted by molar-refractivity contribution is 7.13. The van der Waals surface area contributed by atoms with Crippen LogP contribution in [-0.2, 0) is 19.3 Å². The molecule has 1 aromatic carbocycles. The second kappa shape index (κ2) is 11.6. The van der Waals surface area contributed by atoms with Gasteiger partial charge in [0.15, 0.2) is 5.82 Å². The summed E-state index contributed by atoms with van der Waals surface area (Å²) in [6, 6.07) is 11.4. The average Bonchev–Trinajstić information content (AvgIpc) is 3.32. The SMILES string of the molecule is CCCCCC1CCc2nc(-c3ccc(OC(=O)c4ccc(CCCC)s4)cc3)ncc2C1. The minimum absolute atomic E-state index is 0.297. The summed E-state index contributed by atoms with van der Waals surface area (Å²) in [6.07, 6.45) is 14.0. The number of hydrogen-bond donors (Lipinski definition) is 0. The van der Waals surface area contributed by atoms with E-state index < -0.39 is 0 Å².